The Kier molecular flexibility index (Phi) is 5.42. The van der Waals surface area contributed by atoms with Gasteiger partial charge in [-0.2, -0.15) is 0 Å². The van der Waals surface area contributed by atoms with Gasteiger partial charge in [-0.25, -0.2) is 4.98 Å². The van der Waals surface area contributed by atoms with E-state index in [1.54, 1.807) is 19.4 Å². The Hall–Kier alpha value is -1.62. The van der Waals surface area contributed by atoms with Crippen LogP contribution in [0.2, 0.25) is 0 Å². The number of aromatic nitrogens is 1. The molecule has 1 aromatic rings. The molecule has 0 aliphatic heterocycles. The smallest absolute Gasteiger partial charge is 0.220 e. The Morgan fingerprint density at radius 1 is 1.65 bits per heavy atom. The third-order valence-corrected chi connectivity index (χ3v) is 2.43. The van der Waals surface area contributed by atoms with Crippen LogP contribution in [0.3, 0.4) is 0 Å². The van der Waals surface area contributed by atoms with Gasteiger partial charge in [-0.05, 0) is 24.1 Å². The Morgan fingerprint density at radius 2 is 2.41 bits per heavy atom. The molecule has 0 saturated heterocycles. The molecule has 1 aromatic heterocycles. The van der Waals surface area contributed by atoms with E-state index in [9.17, 15) is 4.79 Å². The number of hydrogen-bond acceptors (Lipinski definition) is 4. The Labute approximate surface area is 101 Å². The molecule has 0 aliphatic rings. The molecule has 1 atom stereocenters. The number of methoxy groups -OCH3 is 1. The highest BCUT2D eigenvalue weighted by Gasteiger charge is 2.07. The highest BCUT2D eigenvalue weighted by atomic mass is 16.5. The van der Waals surface area contributed by atoms with Crippen molar-refractivity contribution >= 4 is 5.91 Å². The van der Waals surface area contributed by atoms with Crippen LogP contribution < -0.4 is 15.8 Å². The molecule has 0 aliphatic carbocycles. The molecule has 0 fully saturated rings. The molecule has 0 spiro atoms. The number of nitrogens with two attached hydrogens (primary N) is 1. The SMILES string of the molecule is COc1cc(CNC(=O)CC(C)CN)ccn1. The maximum Gasteiger partial charge on any atom is 0.220 e. The largest absolute Gasteiger partial charge is 0.481 e. The summed E-state index contributed by atoms with van der Waals surface area (Å²) < 4.78 is 5.00. The summed E-state index contributed by atoms with van der Waals surface area (Å²) in [6, 6.07) is 3.64. The van der Waals surface area contributed by atoms with E-state index in [4.69, 9.17) is 10.5 Å². The molecule has 17 heavy (non-hydrogen) atoms. The van der Waals surface area contributed by atoms with Gasteiger partial charge in [-0.3, -0.25) is 4.79 Å². The Balaban J connectivity index is 2.41. The van der Waals surface area contributed by atoms with Crippen LogP contribution in [0, 0.1) is 5.92 Å². The standard InChI is InChI=1S/C12H19N3O2/c1-9(7-13)5-11(16)15-8-10-3-4-14-12(6-10)17-2/h3-4,6,9H,5,7-8,13H2,1-2H3,(H,15,16). The number of carbonyl (C=O) groups excluding carboxylic acids is 1. The number of rotatable bonds is 6. The number of ether oxygens (including phenoxy) is 1. The van der Waals surface area contributed by atoms with Gasteiger partial charge in [-0.15, -0.1) is 0 Å². The van der Waals surface area contributed by atoms with Crippen molar-refractivity contribution in [2.75, 3.05) is 13.7 Å². The Bertz CT molecular complexity index is 369. The van der Waals surface area contributed by atoms with E-state index in [-0.39, 0.29) is 11.8 Å². The van der Waals surface area contributed by atoms with Crippen molar-refractivity contribution in [3.8, 4) is 5.88 Å². The van der Waals surface area contributed by atoms with Crippen LogP contribution in [0.15, 0.2) is 18.3 Å². The predicted octanol–water partition coefficient (Wildman–Crippen LogP) is 0.691. The van der Waals surface area contributed by atoms with Crippen LogP contribution in [-0.4, -0.2) is 24.5 Å². The lowest BCUT2D eigenvalue weighted by atomic mass is 10.1. The zero-order valence-electron chi connectivity index (χ0n) is 10.3. The van der Waals surface area contributed by atoms with Crippen LogP contribution >= 0.6 is 0 Å². The fraction of sp³-hybridized carbons (Fsp3) is 0.500. The summed E-state index contributed by atoms with van der Waals surface area (Å²) in [6.45, 7) is 2.96. The summed E-state index contributed by atoms with van der Waals surface area (Å²) in [7, 11) is 1.56. The summed E-state index contributed by atoms with van der Waals surface area (Å²) in [5.74, 6) is 0.771. The highest BCUT2D eigenvalue weighted by molar-refractivity contribution is 5.76. The summed E-state index contributed by atoms with van der Waals surface area (Å²) in [6.07, 6.45) is 2.11. The first-order valence-corrected chi connectivity index (χ1v) is 5.61. The van der Waals surface area contributed by atoms with E-state index in [0.717, 1.165) is 5.56 Å². The molecule has 1 rings (SSSR count). The average Bonchev–Trinajstić information content (AvgIpc) is 2.36. The maximum atomic E-state index is 11.5. The molecule has 0 radical (unpaired) electrons. The second-order valence-corrected chi connectivity index (χ2v) is 4.03. The quantitative estimate of drug-likeness (QED) is 0.763. The van der Waals surface area contributed by atoms with E-state index < -0.39 is 0 Å². The van der Waals surface area contributed by atoms with Crippen LogP contribution in [-0.2, 0) is 11.3 Å². The van der Waals surface area contributed by atoms with Gasteiger partial charge < -0.3 is 15.8 Å². The van der Waals surface area contributed by atoms with Crippen molar-refractivity contribution in [3.63, 3.8) is 0 Å². The van der Waals surface area contributed by atoms with E-state index in [0.29, 0.717) is 25.4 Å². The van der Waals surface area contributed by atoms with Gasteiger partial charge in [-0.1, -0.05) is 6.92 Å². The van der Waals surface area contributed by atoms with Crippen molar-refractivity contribution in [3.05, 3.63) is 23.9 Å². The molecule has 0 saturated carbocycles. The fourth-order valence-corrected chi connectivity index (χ4v) is 1.34. The third-order valence-electron chi connectivity index (χ3n) is 2.43. The second kappa shape index (κ2) is 6.85. The number of hydrogen-bond donors (Lipinski definition) is 2. The van der Waals surface area contributed by atoms with Crippen LogP contribution in [0.4, 0.5) is 0 Å². The highest BCUT2D eigenvalue weighted by Crippen LogP contribution is 2.08. The van der Waals surface area contributed by atoms with Crippen LogP contribution in [0.25, 0.3) is 0 Å². The Morgan fingerprint density at radius 3 is 3.06 bits per heavy atom. The lowest BCUT2D eigenvalue weighted by Gasteiger charge is -2.09. The summed E-state index contributed by atoms with van der Waals surface area (Å²) in [5, 5.41) is 2.84. The number of amides is 1. The van der Waals surface area contributed by atoms with Gasteiger partial charge in [0.15, 0.2) is 0 Å². The topological polar surface area (TPSA) is 77.2 Å². The first-order chi connectivity index (χ1) is 8.15. The van der Waals surface area contributed by atoms with E-state index in [1.807, 2.05) is 13.0 Å². The zero-order chi connectivity index (χ0) is 12.7. The van der Waals surface area contributed by atoms with E-state index in [1.165, 1.54) is 0 Å². The number of nitrogens with one attached hydrogen (secondary N) is 1. The molecule has 5 heteroatoms. The monoisotopic (exact) mass is 237 g/mol. The molecule has 94 valence electrons. The molecule has 3 N–H and O–H groups in total. The number of nitrogens with zero attached hydrogens (tertiary/aromatic N) is 1. The maximum absolute atomic E-state index is 11.5. The summed E-state index contributed by atoms with van der Waals surface area (Å²) >= 11 is 0. The van der Waals surface area contributed by atoms with Gasteiger partial charge in [0.1, 0.15) is 0 Å². The van der Waals surface area contributed by atoms with Crippen molar-refractivity contribution < 1.29 is 9.53 Å². The minimum Gasteiger partial charge on any atom is -0.481 e. The van der Waals surface area contributed by atoms with Gasteiger partial charge >= 0.3 is 0 Å². The minimum atomic E-state index is 0.0127. The van der Waals surface area contributed by atoms with Crippen molar-refractivity contribution in [1.29, 1.82) is 0 Å². The first kappa shape index (κ1) is 13.4. The number of carbonyl (C=O) groups is 1. The van der Waals surface area contributed by atoms with Gasteiger partial charge in [0.25, 0.3) is 0 Å². The van der Waals surface area contributed by atoms with Crippen molar-refractivity contribution in [2.24, 2.45) is 11.7 Å². The molecule has 1 amide bonds. The second-order valence-electron chi connectivity index (χ2n) is 4.03. The van der Waals surface area contributed by atoms with Gasteiger partial charge in [0.2, 0.25) is 11.8 Å². The lowest BCUT2D eigenvalue weighted by molar-refractivity contribution is -0.122. The third kappa shape index (κ3) is 4.82. The van der Waals surface area contributed by atoms with Crippen LogP contribution in [0.1, 0.15) is 18.9 Å². The van der Waals surface area contributed by atoms with Gasteiger partial charge in [0.05, 0.1) is 7.11 Å². The first-order valence-electron chi connectivity index (χ1n) is 5.61. The molecular formula is C12H19N3O2. The molecule has 1 unspecified atom stereocenters. The van der Waals surface area contributed by atoms with Crippen LogP contribution in [0.5, 0.6) is 5.88 Å². The predicted molar refractivity (Wildman–Crippen MR) is 65.5 cm³/mol. The fourth-order valence-electron chi connectivity index (χ4n) is 1.34. The number of pyridine rings is 1. The van der Waals surface area contributed by atoms with Crippen molar-refractivity contribution in [1.82, 2.24) is 10.3 Å². The van der Waals surface area contributed by atoms with E-state index in [2.05, 4.69) is 10.3 Å². The summed E-state index contributed by atoms with van der Waals surface area (Å²) in [4.78, 5) is 15.5. The van der Waals surface area contributed by atoms with E-state index >= 15 is 0 Å². The van der Waals surface area contributed by atoms with Gasteiger partial charge in [0, 0.05) is 25.2 Å². The zero-order valence-corrected chi connectivity index (χ0v) is 10.3. The minimum absolute atomic E-state index is 0.0127. The molecular weight excluding hydrogens is 218 g/mol. The van der Waals surface area contributed by atoms with Crippen molar-refractivity contribution in [2.45, 2.75) is 19.9 Å². The summed E-state index contributed by atoms with van der Waals surface area (Å²) in [5.41, 5.74) is 6.42. The normalized spacial score (nSPS) is 11.9. The average molecular weight is 237 g/mol. The lowest BCUT2D eigenvalue weighted by Crippen LogP contribution is -2.26. The molecule has 1 heterocycles. The molecule has 0 bridgehead atoms. The molecule has 0 aromatic carbocycles. The molecule has 5 nitrogen and oxygen atoms in total.